The Kier molecular flexibility index (Phi) is 1.74. The first-order valence-corrected chi connectivity index (χ1v) is 5.40. The van der Waals surface area contributed by atoms with Crippen LogP contribution in [0.3, 0.4) is 0 Å². The van der Waals surface area contributed by atoms with Crippen LogP contribution in [0.2, 0.25) is 0 Å². The fourth-order valence-corrected chi connectivity index (χ4v) is 2.05. The van der Waals surface area contributed by atoms with E-state index in [-0.39, 0.29) is 0 Å². The van der Waals surface area contributed by atoms with Crippen molar-refractivity contribution in [2.24, 2.45) is 0 Å². The maximum atomic E-state index is 10.0. The third-order valence-electron chi connectivity index (χ3n) is 3.32. The molecule has 3 rings (SSSR count). The molecule has 1 aromatic carbocycles. The summed E-state index contributed by atoms with van der Waals surface area (Å²) in [5.41, 5.74) is 1.57. The molecular weight excluding hydrogens is 190 g/mol. The Balaban J connectivity index is 2.04. The molecule has 0 saturated heterocycles. The molecule has 1 saturated carbocycles. The first-order chi connectivity index (χ1) is 7.19. The first-order valence-electron chi connectivity index (χ1n) is 5.40. The van der Waals surface area contributed by atoms with Gasteiger partial charge in [-0.2, -0.15) is 0 Å². The summed E-state index contributed by atoms with van der Waals surface area (Å²) in [4.78, 5) is 2.17. The molecule has 1 aromatic rings. The highest BCUT2D eigenvalue weighted by Crippen LogP contribution is 2.47. The maximum absolute atomic E-state index is 10.0. The number of anilines is 1. The number of aliphatic hydroxyl groups is 1. The van der Waals surface area contributed by atoms with Crippen LogP contribution < -0.4 is 9.64 Å². The van der Waals surface area contributed by atoms with Crippen molar-refractivity contribution >= 4 is 5.69 Å². The molecule has 0 radical (unpaired) electrons. The Hall–Kier alpha value is -1.22. The quantitative estimate of drug-likeness (QED) is 0.754. The molecule has 3 heteroatoms. The Morgan fingerprint density at radius 1 is 1.40 bits per heavy atom. The summed E-state index contributed by atoms with van der Waals surface area (Å²) in [6.07, 6.45) is 1.77. The number of hydrogen-bond acceptors (Lipinski definition) is 3. The molecule has 0 atom stereocenters. The van der Waals surface area contributed by atoms with Gasteiger partial charge in [0.25, 0.3) is 0 Å². The molecular formula is C12H15NO2. The molecule has 1 N–H and O–H groups in total. The first kappa shape index (κ1) is 9.04. The zero-order chi connectivity index (χ0) is 10.5. The summed E-state index contributed by atoms with van der Waals surface area (Å²) in [7, 11) is 2.06. The molecule has 15 heavy (non-hydrogen) atoms. The summed E-state index contributed by atoms with van der Waals surface area (Å²) in [6.45, 7) is 1.65. The van der Waals surface area contributed by atoms with Crippen molar-refractivity contribution in [3.05, 3.63) is 23.8 Å². The third kappa shape index (κ3) is 1.38. The maximum Gasteiger partial charge on any atom is 0.142 e. The molecule has 80 valence electrons. The summed E-state index contributed by atoms with van der Waals surface area (Å²) >= 11 is 0. The lowest BCUT2D eigenvalue weighted by Gasteiger charge is -2.28. The van der Waals surface area contributed by atoms with Crippen LogP contribution in [-0.2, 0) is 5.60 Å². The summed E-state index contributed by atoms with van der Waals surface area (Å²) in [5, 5.41) is 10.0. The van der Waals surface area contributed by atoms with Gasteiger partial charge in [0.2, 0.25) is 0 Å². The highest BCUT2D eigenvalue weighted by molar-refractivity contribution is 5.61. The van der Waals surface area contributed by atoms with E-state index in [0.717, 1.165) is 43.0 Å². The van der Waals surface area contributed by atoms with Crippen molar-refractivity contribution in [1.82, 2.24) is 0 Å². The summed E-state index contributed by atoms with van der Waals surface area (Å²) < 4.78 is 5.56. The van der Waals surface area contributed by atoms with Gasteiger partial charge in [0.15, 0.2) is 0 Å². The molecule has 1 aliphatic carbocycles. The summed E-state index contributed by atoms with van der Waals surface area (Å²) in [5.74, 6) is 0.928. The molecule has 0 bridgehead atoms. The minimum atomic E-state index is -0.548. The minimum Gasteiger partial charge on any atom is -0.490 e. The van der Waals surface area contributed by atoms with Crippen molar-refractivity contribution in [1.29, 1.82) is 0 Å². The molecule has 2 aliphatic rings. The van der Waals surface area contributed by atoms with Gasteiger partial charge in [0.05, 0.1) is 17.8 Å². The van der Waals surface area contributed by atoms with Gasteiger partial charge >= 0.3 is 0 Å². The van der Waals surface area contributed by atoms with Gasteiger partial charge in [-0.1, -0.05) is 6.07 Å². The zero-order valence-corrected chi connectivity index (χ0v) is 8.86. The van der Waals surface area contributed by atoms with Crippen LogP contribution in [0.25, 0.3) is 0 Å². The standard InChI is InChI=1S/C12H15NO2/c1-13-6-7-15-11-3-2-9(8-10(11)13)12(14)4-5-12/h2-3,8,14H,4-7H2,1H3. The topological polar surface area (TPSA) is 32.7 Å². The Morgan fingerprint density at radius 3 is 2.93 bits per heavy atom. The number of ether oxygens (including phenoxy) is 1. The van der Waals surface area contributed by atoms with E-state index in [1.165, 1.54) is 0 Å². The van der Waals surface area contributed by atoms with Gasteiger partial charge < -0.3 is 14.7 Å². The second-order valence-corrected chi connectivity index (χ2v) is 4.48. The van der Waals surface area contributed by atoms with Crippen molar-refractivity contribution in [3.63, 3.8) is 0 Å². The van der Waals surface area contributed by atoms with Gasteiger partial charge in [-0.3, -0.25) is 0 Å². The van der Waals surface area contributed by atoms with E-state index in [4.69, 9.17) is 4.74 Å². The normalized spacial score (nSPS) is 21.9. The summed E-state index contributed by atoms with van der Waals surface area (Å²) in [6, 6.07) is 6.00. The lowest BCUT2D eigenvalue weighted by atomic mass is 10.1. The van der Waals surface area contributed by atoms with E-state index >= 15 is 0 Å². The molecule has 0 unspecified atom stereocenters. The van der Waals surface area contributed by atoms with Crippen LogP contribution >= 0.6 is 0 Å². The fraction of sp³-hybridized carbons (Fsp3) is 0.500. The van der Waals surface area contributed by atoms with Crippen molar-refractivity contribution in [3.8, 4) is 5.75 Å². The van der Waals surface area contributed by atoms with E-state index in [1.807, 2.05) is 12.1 Å². The third-order valence-corrected chi connectivity index (χ3v) is 3.32. The second-order valence-electron chi connectivity index (χ2n) is 4.48. The predicted molar refractivity (Wildman–Crippen MR) is 58.3 cm³/mol. The number of hydrogen-bond donors (Lipinski definition) is 1. The molecule has 1 heterocycles. The Bertz CT molecular complexity index is 399. The minimum absolute atomic E-state index is 0.548. The molecule has 0 aromatic heterocycles. The average Bonchev–Trinajstić information content (AvgIpc) is 2.98. The van der Waals surface area contributed by atoms with Gasteiger partial charge in [-0.25, -0.2) is 0 Å². The highest BCUT2D eigenvalue weighted by atomic mass is 16.5. The van der Waals surface area contributed by atoms with E-state index in [2.05, 4.69) is 18.0 Å². The number of likely N-dealkylation sites (N-methyl/N-ethyl adjacent to an activating group) is 1. The molecule has 1 aliphatic heterocycles. The Morgan fingerprint density at radius 2 is 2.20 bits per heavy atom. The van der Waals surface area contributed by atoms with E-state index in [0.29, 0.717) is 0 Å². The van der Waals surface area contributed by atoms with Crippen LogP contribution in [0, 0.1) is 0 Å². The lowest BCUT2D eigenvalue weighted by Crippen LogP contribution is -2.29. The number of nitrogens with zero attached hydrogens (tertiary/aromatic N) is 1. The SMILES string of the molecule is CN1CCOc2ccc(C3(O)CC3)cc21. The van der Waals surface area contributed by atoms with E-state index in [9.17, 15) is 5.11 Å². The van der Waals surface area contributed by atoms with Crippen LogP contribution in [0.15, 0.2) is 18.2 Å². The van der Waals surface area contributed by atoms with Gasteiger partial charge in [-0.15, -0.1) is 0 Å². The van der Waals surface area contributed by atoms with Crippen LogP contribution in [-0.4, -0.2) is 25.3 Å². The Labute approximate surface area is 89.3 Å². The molecule has 0 amide bonds. The predicted octanol–water partition coefficient (Wildman–Crippen LogP) is 1.50. The number of rotatable bonds is 1. The van der Waals surface area contributed by atoms with Crippen LogP contribution in [0.5, 0.6) is 5.75 Å². The van der Waals surface area contributed by atoms with Crippen molar-refractivity contribution < 1.29 is 9.84 Å². The molecule has 3 nitrogen and oxygen atoms in total. The van der Waals surface area contributed by atoms with E-state index < -0.39 is 5.60 Å². The van der Waals surface area contributed by atoms with Crippen molar-refractivity contribution in [2.75, 3.05) is 25.1 Å². The molecule has 0 spiro atoms. The van der Waals surface area contributed by atoms with E-state index in [1.54, 1.807) is 0 Å². The van der Waals surface area contributed by atoms with Crippen LogP contribution in [0.4, 0.5) is 5.69 Å². The van der Waals surface area contributed by atoms with Gasteiger partial charge in [0, 0.05) is 7.05 Å². The average molecular weight is 205 g/mol. The largest absolute Gasteiger partial charge is 0.490 e. The molecule has 1 fully saturated rings. The number of fused-ring (bicyclic) bond motifs is 1. The number of benzene rings is 1. The lowest BCUT2D eigenvalue weighted by molar-refractivity contribution is 0.151. The van der Waals surface area contributed by atoms with Crippen molar-refractivity contribution in [2.45, 2.75) is 18.4 Å². The van der Waals surface area contributed by atoms with Crippen LogP contribution in [0.1, 0.15) is 18.4 Å². The highest BCUT2D eigenvalue weighted by Gasteiger charge is 2.42. The van der Waals surface area contributed by atoms with Gasteiger partial charge in [-0.05, 0) is 30.5 Å². The van der Waals surface area contributed by atoms with Gasteiger partial charge in [0.1, 0.15) is 12.4 Å². The zero-order valence-electron chi connectivity index (χ0n) is 8.86. The monoisotopic (exact) mass is 205 g/mol. The second kappa shape index (κ2) is 2.89. The fourth-order valence-electron chi connectivity index (χ4n) is 2.05. The smallest absolute Gasteiger partial charge is 0.142 e.